The molecule has 1 unspecified atom stereocenters. The molecular formula is C12H12FNO. The third-order valence-corrected chi connectivity index (χ3v) is 2.92. The first-order valence-electron chi connectivity index (χ1n) is 4.91. The zero-order valence-electron chi connectivity index (χ0n) is 8.53. The highest BCUT2D eigenvalue weighted by molar-refractivity contribution is 5.27. The Morgan fingerprint density at radius 2 is 2.00 bits per heavy atom. The van der Waals surface area contributed by atoms with Crippen LogP contribution >= 0.6 is 0 Å². The summed E-state index contributed by atoms with van der Waals surface area (Å²) in [6.07, 6.45) is 1.49. The van der Waals surface area contributed by atoms with Crippen molar-refractivity contribution in [3.63, 3.8) is 0 Å². The van der Waals surface area contributed by atoms with Gasteiger partial charge in [0.1, 0.15) is 11.9 Å². The van der Waals surface area contributed by atoms with E-state index >= 15 is 0 Å². The van der Waals surface area contributed by atoms with Crippen molar-refractivity contribution >= 4 is 0 Å². The van der Waals surface area contributed by atoms with Crippen LogP contribution in [0.5, 0.6) is 0 Å². The van der Waals surface area contributed by atoms with E-state index in [0.717, 1.165) is 18.4 Å². The number of nitrogens with zero attached hydrogens (tertiary/aromatic N) is 1. The number of ether oxygens (including phenoxy) is 1. The Kier molecular flexibility index (Phi) is 2.45. The fourth-order valence-corrected chi connectivity index (χ4v) is 1.89. The van der Waals surface area contributed by atoms with Crippen molar-refractivity contribution in [1.82, 2.24) is 0 Å². The Morgan fingerprint density at radius 3 is 2.40 bits per heavy atom. The minimum absolute atomic E-state index is 0.233. The fourth-order valence-electron chi connectivity index (χ4n) is 1.89. The van der Waals surface area contributed by atoms with Crippen LogP contribution in [0.25, 0.3) is 0 Å². The molecule has 1 aromatic rings. The van der Waals surface area contributed by atoms with Crippen molar-refractivity contribution in [2.45, 2.75) is 18.9 Å². The first-order chi connectivity index (χ1) is 7.22. The molecule has 0 spiro atoms. The van der Waals surface area contributed by atoms with Crippen LogP contribution in [0, 0.1) is 22.6 Å². The minimum atomic E-state index is -0.382. The van der Waals surface area contributed by atoms with Crippen LogP contribution in [-0.4, -0.2) is 7.11 Å². The quantitative estimate of drug-likeness (QED) is 0.760. The van der Waals surface area contributed by atoms with E-state index in [1.165, 1.54) is 12.1 Å². The standard InChI is InChI=1S/C12H12FNO/c1-15-11(12(8-14)6-7-12)9-2-4-10(13)5-3-9/h2-5,11H,6-7H2,1H3. The highest BCUT2D eigenvalue weighted by Gasteiger charge is 2.51. The molecule has 1 aliphatic rings. The molecule has 2 rings (SSSR count). The van der Waals surface area contributed by atoms with Gasteiger partial charge in [-0.2, -0.15) is 5.26 Å². The molecule has 1 atom stereocenters. The topological polar surface area (TPSA) is 33.0 Å². The lowest BCUT2D eigenvalue weighted by Crippen LogP contribution is -2.14. The zero-order valence-corrected chi connectivity index (χ0v) is 8.53. The van der Waals surface area contributed by atoms with Gasteiger partial charge in [-0.15, -0.1) is 0 Å². The van der Waals surface area contributed by atoms with E-state index in [0.29, 0.717) is 0 Å². The predicted molar refractivity (Wildman–Crippen MR) is 53.4 cm³/mol. The van der Waals surface area contributed by atoms with Gasteiger partial charge < -0.3 is 4.74 Å². The molecule has 0 radical (unpaired) electrons. The van der Waals surface area contributed by atoms with Crippen LogP contribution in [0.15, 0.2) is 24.3 Å². The lowest BCUT2D eigenvalue weighted by molar-refractivity contribution is 0.0609. The highest BCUT2D eigenvalue weighted by Crippen LogP contribution is 2.55. The molecule has 1 aliphatic carbocycles. The molecule has 0 heterocycles. The third kappa shape index (κ3) is 1.73. The van der Waals surface area contributed by atoms with Crippen LogP contribution in [0.3, 0.4) is 0 Å². The van der Waals surface area contributed by atoms with E-state index in [1.807, 2.05) is 0 Å². The van der Waals surface area contributed by atoms with Gasteiger partial charge in [0.15, 0.2) is 0 Å². The van der Waals surface area contributed by atoms with E-state index in [1.54, 1.807) is 19.2 Å². The van der Waals surface area contributed by atoms with E-state index in [2.05, 4.69) is 6.07 Å². The molecule has 0 saturated heterocycles. The first kappa shape index (κ1) is 10.1. The Balaban J connectivity index is 2.28. The smallest absolute Gasteiger partial charge is 0.123 e. The highest BCUT2D eigenvalue weighted by atomic mass is 19.1. The number of hydrogen-bond acceptors (Lipinski definition) is 2. The van der Waals surface area contributed by atoms with Crippen LogP contribution in [-0.2, 0) is 4.74 Å². The van der Waals surface area contributed by atoms with Gasteiger partial charge in [-0.1, -0.05) is 12.1 Å². The molecule has 1 saturated carbocycles. The van der Waals surface area contributed by atoms with E-state index in [9.17, 15) is 4.39 Å². The largest absolute Gasteiger partial charge is 0.375 e. The molecule has 0 aliphatic heterocycles. The van der Waals surface area contributed by atoms with Crippen molar-refractivity contribution < 1.29 is 9.13 Å². The first-order valence-corrected chi connectivity index (χ1v) is 4.91. The maximum atomic E-state index is 12.7. The van der Waals surface area contributed by atoms with Gasteiger partial charge in [0.05, 0.1) is 11.5 Å². The minimum Gasteiger partial charge on any atom is -0.375 e. The van der Waals surface area contributed by atoms with E-state index in [4.69, 9.17) is 10.00 Å². The van der Waals surface area contributed by atoms with Crippen LogP contribution in [0.4, 0.5) is 4.39 Å². The predicted octanol–water partition coefficient (Wildman–Crippen LogP) is 2.82. The zero-order chi connectivity index (χ0) is 10.9. The van der Waals surface area contributed by atoms with Gasteiger partial charge in [-0.3, -0.25) is 0 Å². The summed E-state index contributed by atoms with van der Waals surface area (Å²) in [7, 11) is 1.59. The van der Waals surface area contributed by atoms with Crippen LogP contribution in [0.1, 0.15) is 24.5 Å². The van der Waals surface area contributed by atoms with E-state index < -0.39 is 0 Å². The number of nitriles is 1. The summed E-state index contributed by atoms with van der Waals surface area (Å²) >= 11 is 0. The summed E-state index contributed by atoms with van der Waals surface area (Å²) < 4.78 is 18.1. The molecule has 3 heteroatoms. The number of rotatable bonds is 3. The Labute approximate surface area is 88.3 Å². The number of benzene rings is 1. The molecule has 0 aromatic heterocycles. The molecule has 0 N–H and O–H groups in total. The molecule has 15 heavy (non-hydrogen) atoms. The third-order valence-electron chi connectivity index (χ3n) is 2.92. The normalized spacial score (nSPS) is 19.3. The van der Waals surface area contributed by atoms with Crippen molar-refractivity contribution in [3.8, 4) is 6.07 Å². The van der Waals surface area contributed by atoms with Crippen molar-refractivity contribution in [2.75, 3.05) is 7.11 Å². The summed E-state index contributed by atoms with van der Waals surface area (Å²) in [5, 5.41) is 9.07. The Hall–Kier alpha value is -1.40. The van der Waals surface area contributed by atoms with Crippen LogP contribution in [0.2, 0.25) is 0 Å². The molecule has 1 fully saturated rings. The molecule has 0 bridgehead atoms. The number of methoxy groups -OCH3 is 1. The monoisotopic (exact) mass is 205 g/mol. The molecule has 0 amide bonds. The summed E-state index contributed by atoms with van der Waals surface area (Å²) in [5.74, 6) is -0.268. The summed E-state index contributed by atoms with van der Waals surface area (Å²) in [6.45, 7) is 0. The van der Waals surface area contributed by atoms with Gasteiger partial charge in [-0.25, -0.2) is 4.39 Å². The molecule has 78 valence electrons. The molecule has 2 nitrogen and oxygen atoms in total. The second-order valence-electron chi connectivity index (χ2n) is 3.94. The maximum absolute atomic E-state index is 12.7. The van der Waals surface area contributed by atoms with Crippen molar-refractivity contribution in [3.05, 3.63) is 35.6 Å². The lowest BCUT2D eigenvalue weighted by Gasteiger charge is -2.20. The Morgan fingerprint density at radius 1 is 1.40 bits per heavy atom. The van der Waals surface area contributed by atoms with Gasteiger partial charge in [0, 0.05) is 7.11 Å². The van der Waals surface area contributed by atoms with Crippen molar-refractivity contribution in [1.29, 1.82) is 5.26 Å². The number of halogens is 1. The summed E-state index contributed by atoms with van der Waals surface area (Å²) in [5.41, 5.74) is 0.491. The average Bonchev–Trinajstić information content (AvgIpc) is 3.03. The summed E-state index contributed by atoms with van der Waals surface area (Å²) in [6, 6.07) is 8.46. The van der Waals surface area contributed by atoms with E-state index in [-0.39, 0.29) is 17.3 Å². The lowest BCUT2D eigenvalue weighted by atomic mass is 9.94. The Bertz CT molecular complexity index is 389. The summed E-state index contributed by atoms with van der Waals surface area (Å²) in [4.78, 5) is 0. The van der Waals surface area contributed by atoms with Crippen LogP contribution < -0.4 is 0 Å². The number of hydrogen-bond donors (Lipinski definition) is 0. The van der Waals surface area contributed by atoms with Crippen molar-refractivity contribution in [2.24, 2.45) is 5.41 Å². The SMILES string of the molecule is COC(c1ccc(F)cc1)C1(C#N)CC1. The van der Waals surface area contributed by atoms with Gasteiger partial charge >= 0.3 is 0 Å². The second kappa shape index (κ2) is 3.63. The average molecular weight is 205 g/mol. The molecular weight excluding hydrogens is 193 g/mol. The van der Waals surface area contributed by atoms with Gasteiger partial charge in [-0.05, 0) is 30.5 Å². The van der Waals surface area contributed by atoms with Gasteiger partial charge in [0.2, 0.25) is 0 Å². The van der Waals surface area contributed by atoms with Gasteiger partial charge in [0.25, 0.3) is 0 Å². The fraction of sp³-hybridized carbons (Fsp3) is 0.417. The maximum Gasteiger partial charge on any atom is 0.123 e. The molecule has 1 aromatic carbocycles. The second-order valence-corrected chi connectivity index (χ2v) is 3.94.